The second kappa shape index (κ2) is 3.98. The van der Waals surface area contributed by atoms with E-state index in [0.717, 1.165) is 6.42 Å². The van der Waals surface area contributed by atoms with Crippen molar-refractivity contribution in [2.75, 3.05) is 6.54 Å². The van der Waals surface area contributed by atoms with Crippen molar-refractivity contribution >= 4 is 11.8 Å². The first-order chi connectivity index (χ1) is 6.45. The van der Waals surface area contributed by atoms with Gasteiger partial charge >= 0.3 is 6.03 Å². The quantitative estimate of drug-likeness (QED) is 0.719. The lowest BCUT2D eigenvalue weighted by molar-refractivity contribution is -0.126. The molecule has 1 rings (SSSR count). The van der Waals surface area contributed by atoms with Crippen LogP contribution in [0.25, 0.3) is 0 Å². The lowest BCUT2D eigenvalue weighted by atomic mass is 9.93. The van der Waals surface area contributed by atoms with E-state index in [4.69, 9.17) is 5.73 Å². The van der Waals surface area contributed by atoms with Crippen LogP contribution in [0, 0.1) is 11.8 Å². The van der Waals surface area contributed by atoms with E-state index in [0.29, 0.717) is 6.54 Å². The molecular weight excluding hydrogens is 180 g/mol. The number of urea groups is 1. The second-order valence-electron chi connectivity index (χ2n) is 4.30. The largest absolute Gasteiger partial charge is 0.351 e. The fourth-order valence-electron chi connectivity index (χ4n) is 1.97. The zero-order valence-corrected chi connectivity index (χ0v) is 8.99. The highest BCUT2D eigenvalue weighted by Gasteiger charge is 2.39. The molecule has 0 bridgehead atoms. The Hall–Kier alpha value is -1.06. The molecular formula is C10H18N2O2. The lowest BCUT2D eigenvalue weighted by Gasteiger charge is -2.25. The molecule has 2 unspecified atom stereocenters. The molecule has 0 radical (unpaired) electrons. The van der Waals surface area contributed by atoms with Gasteiger partial charge in [-0.1, -0.05) is 20.8 Å². The van der Waals surface area contributed by atoms with Crippen molar-refractivity contribution in [3.63, 3.8) is 0 Å². The van der Waals surface area contributed by atoms with Gasteiger partial charge in [-0.15, -0.1) is 0 Å². The molecule has 2 N–H and O–H groups in total. The lowest BCUT2D eigenvalue weighted by Crippen LogP contribution is -2.46. The third-order valence-electron chi connectivity index (χ3n) is 2.84. The SMILES string of the molecule is CC(C)C(=O)C1C(C)CCN1C(N)=O. The molecule has 0 aromatic rings. The van der Waals surface area contributed by atoms with Crippen LogP contribution in [0.1, 0.15) is 27.2 Å². The van der Waals surface area contributed by atoms with E-state index in [2.05, 4.69) is 0 Å². The number of nitrogens with two attached hydrogens (primary N) is 1. The van der Waals surface area contributed by atoms with Gasteiger partial charge in [0.15, 0.2) is 5.78 Å². The van der Waals surface area contributed by atoms with Crippen LogP contribution in [-0.2, 0) is 4.79 Å². The van der Waals surface area contributed by atoms with Crippen LogP contribution in [-0.4, -0.2) is 29.3 Å². The number of carbonyl (C=O) groups excluding carboxylic acids is 2. The summed E-state index contributed by atoms with van der Waals surface area (Å²) in [5.41, 5.74) is 5.22. The number of ketones is 1. The molecule has 1 heterocycles. The Morgan fingerprint density at radius 3 is 2.43 bits per heavy atom. The van der Waals surface area contributed by atoms with E-state index in [1.54, 1.807) is 0 Å². The van der Waals surface area contributed by atoms with Crippen molar-refractivity contribution in [1.29, 1.82) is 0 Å². The average Bonchev–Trinajstić information content (AvgIpc) is 2.45. The van der Waals surface area contributed by atoms with E-state index >= 15 is 0 Å². The van der Waals surface area contributed by atoms with E-state index in [-0.39, 0.29) is 23.7 Å². The van der Waals surface area contributed by atoms with Gasteiger partial charge in [0, 0.05) is 12.5 Å². The van der Waals surface area contributed by atoms with E-state index < -0.39 is 6.03 Å². The first kappa shape index (κ1) is 11.0. The van der Waals surface area contributed by atoms with Crippen LogP contribution < -0.4 is 5.73 Å². The summed E-state index contributed by atoms with van der Waals surface area (Å²) in [4.78, 5) is 24.4. The number of hydrogen-bond donors (Lipinski definition) is 1. The Bertz CT molecular complexity index is 251. The number of Topliss-reactive ketones (excluding diaryl/α,β-unsaturated/α-hetero) is 1. The molecule has 1 fully saturated rings. The highest BCUT2D eigenvalue weighted by Crippen LogP contribution is 2.26. The van der Waals surface area contributed by atoms with Crippen LogP contribution in [0.4, 0.5) is 4.79 Å². The highest BCUT2D eigenvalue weighted by molar-refractivity contribution is 5.90. The number of carbonyl (C=O) groups is 2. The predicted molar refractivity (Wildman–Crippen MR) is 53.7 cm³/mol. The number of amides is 2. The molecule has 1 aliphatic heterocycles. The minimum absolute atomic E-state index is 0.0394. The van der Waals surface area contributed by atoms with Crippen molar-refractivity contribution in [2.24, 2.45) is 17.6 Å². The zero-order chi connectivity index (χ0) is 10.9. The molecule has 0 saturated carbocycles. The Labute approximate surface area is 84.4 Å². The van der Waals surface area contributed by atoms with Gasteiger partial charge in [0.25, 0.3) is 0 Å². The Morgan fingerprint density at radius 2 is 2.00 bits per heavy atom. The molecule has 0 aliphatic carbocycles. The minimum Gasteiger partial charge on any atom is -0.351 e. The van der Waals surface area contributed by atoms with Gasteiger partial charge in [0.05, 0.1) is 6.04 Å². The highest BCUT2D eigenvalue weighted by atomic mass is 16.2. The second-order valence-corrected chi connectivity index (χ2v) is 4.30. The summed E-state index contributed by atoms with van der Waals surface area (Å²) in [5, 5.41) is 0. The molecule has 0 aromatic carbocycles. The summed E-state index contributed by atoms with van der Waals surface area (Å²) in [6, 6.07) is -0.777. The van der Waals surface area contributed by atoms with Gasteiger partial charge in [0.2, 0.25) is 0 Å². The standard InChI is InChI=1S/C10H18N2O2/c1-6(2)9(13)8-7(3)4-5-12(8)10(11)14/h6-8H,4-5H2,1-3H3,(H2,11,14). The zero-order valence-electron chi connectivity index (χ0n) is 8.99. The topological polar surface area (TPSA) is 63.4 Å². The maximum Gasteiger partial charge on any atom is 0.315 e. The van der Waals surface area contributed by atoms with Gasteiger partial charge in [-0.25, -0.2) is 4.79 Å². The number of hydrogen-bond acceptors (Lipinski definition) is 2. The van der Waals surface area contributed by atoms with E-state index in [1.165, 1.54) is 4.90 Å². The van der Waals surface area contributed by atoms with Gasteiger partial charge in [-0.05, 0) is 12.3 Å². The third-order valence-corrected chi connectivity index (χ3v) is 2.84. The molecule has 4 heteroatoms. The summed E-state index contributed by atoms with van der Waals surface area (Å²) < 4.78 is 0. The van der Waals surface area contributed by atoms with Crippen LogP contribution in [0.15, 0.2) is 0 Å². The number of primary amides is 1. The molecule has 0 aromatic heterocycles. The smallest absolute Gasteiger partial charge is 0.315 e. The fourth-order valence-corrected chi connectivity index (χ4v) is 1.97. The van der Waals surface area contributed by atoms with Crippen LogP contribution >= 0.6 is 0 Å². The summed E-state index contributed by atoms with van der Waals surface area (Å²) in [7, 11) is 0. The predicted octanol–water partition coefficient (Wildman–Crippen LogP) is 1.00. The summed E-state index contributed by atoms with van der Waals surface area (Å²) >= 11 is 0. The van der Waals surface area contributed by atoms with Crippen LogP contribution in [0.5, 0.6) is 0 Å². The molecule has 2 amide bonds. The average molecular weight is 198 g/mol. The van der Waals surface area contributed by atoms with Gasteiger partial charge in [-0.2, -0.15) is 0 Å². The van der Waals surface area contributed by atoms with Crippen molar-refractivity contribution in [3.8, 4) is 0 Å². The molecule has 14 heavy (non-hydrogen) atoms. The maximum atomic E-state index is 11.8. The monoisotopic (exact) mass is 198 g/mol. The van der Waals surface area contributed by atoms with Crippen molar-refractivity contribution < 1.29 is 9.59 Å². The maximum absolute atomic E-state index is 11.8. The van der Waals surface area contributed by atoms with Gasteiger partial charge in [-0.3, -0.25) is 4.79 Å². The fraction of sp³-hybridized carbons (Fsp3) is 0.800. The van der Waals surface area contributed by atoms with Crippen molar-refractivity contribution in [3.05, 3.63) is 0 Å². The molecule has 80 valence electrons. The first-order valence-corrected chi connectivity index (χ1v) is 5.05. The number of nitrogens with zero attached hydrogens (tertiary/aromatic N) is 1. The normalized spacial score (nSPS) is 27.0. The summed E-state index contributed by atoms with van der Waals surface area (Å²) in [6.45, 7) is 6.31. The Morgan fingerprint density at radius 1 is 1.43 bits per heavy atom. The Balaban J connectivity index is 2.81. The molecule has 4 nitrogen and oxygen atoms in total. The molecule has 0 spiro atoms. The number of likely N-dealkylation sites (tertiary alicyclic amines) is 1. The number of rotatable bonds is 2. The van der Waals surface area contributed by atoms with E-state index in [1.807, 2.05) is 20.8 Å². The summed E-state index contributed by atoms with van der Waals surface area (Å²) in [5.74, 6) is 0.314. The molecule has 2 atom stereocenters. The van der Waals surface area contributed by atoms with E-state index in [9.17, 15) is 9.59 Å². The van der Waals surface area contributed by atoms with Crippen molar-refractivity contribution in [1.82, 2.24) is 4.90 Å². The van der Waals surface area contributed by atoms with Gasteiger partial charge < -0.3 is 10.6 Å². The van der Waals surface area contributed by atoms with Gasteiger partial charge in [0.1, 0.15) is 0 Å². The third kappa shape index (κ3) is 1.89. The van der Waals surface area contributed by atoms with Crippen LogP contribution in [0.3, 0.4) is 0 Å². The minimum atomic E-state index is -0.478. The Kier molecular flexibility index (Phi) is 3.13. The van der Waals surface area contributed by atoms with Crippen molar-refractivity contribution in [2.45, 2.75) is 33.2 Å². The van der Waals surface area contributed by atoms with Crippen LogP contribution in [0.2, 0.25) is 0 Å². The first-order valence-electron chi connectivity index (χ1n) is 5.05. The summed E-state index contributed by atoms with van der Waals surface area (Å²) in [6.07, 6.45) is 0.867. The molecule has 1 aliphatic rings. The molecule has 1 saturated heterocycles.